The molecule has 0 radical (unpaired) electrons. The zero-order valence-electron chi connectivity index (χ0n) is 12.7. The summed E-state index contributed by atoms with van der Waals surface area (Å²) in [5.41, 5.74) is 9.62. The molecule has 21 heavy (non-hydrogen) atoms. The molecule has 0 fully saturated rings. The molecular weight excluding hydrogens is 262 g/mol. The van der Waals surface area contributed by atoms with Crippen LogP contribution in [0.2, 0.25) is 0 Å². The van der Waals surface area contributed by atoms with Crippen molar-refractivity contribution in [1.29, 1.82) is 5.41 Å². The Morgan fingerprint density at radius 2 is 1.95 bits per heavy atom. The number of methoxy groups -OCH3 is 1. The van der Waals surface area contributed by atoms with Crippen molar-refractivity contribution in [2.24, 2.45) is 5.73 Å². The Morgan fingerprint density at radius 3 is 2.62 bits per heavy atom. The molecular formula is C17H21N3O. The zero-order valence-corrected chi connectivity index (χ0v) is 12.7. The first kappa shape index (κ1) is 14.9. The first-order valence-electron chi connectivity index (χ1n) is 6.81. The molecule has 0 heterocycles. The molecule has 0 saturated heterocycles. The minimum absolute atomic E-state index is 0.0804. The lowest BCUT2D eigenvalue weighted by Crippen LogP contribution is -2.22. The number of aryl methyl sites for hydroxylation is 1. The highest BCUT2D eigenvalue weighted by Crippen LogP contribution is 2.25. The van der Waals surface area contributed by atoms with E-state index in [4.69, 9.17) is 15.9 Å². The SMILES string of the molecule is COc1ccccc1CN(C)c1cc(C)ccc1C(=N)N. The minimum Gasteiger partial charge on any atom is -0.496 e. The lowest BCUT2D eigenvalue weighted by atomic mass is 10.1. The van der Waals surface area contributed by atoms with Crippen LogP contribution in [0.15, 0.2) is 42.5 Å². The second kappa shape index (κ2) is 6.31. The molecule has 110 valence electrons. The monoisotopic (exact) mass is 283 g/mol. The quantitative estimate of drug-likeness (QED) is 0.655. The molecule has 0 aliphatic rings. The van der Waals surface area contributed by atoms with Gasteiger partial charge in [-0.1, -0.05) is 24.3 Å². The fourth-order valence-corrected chi connectivity index (χ4v) is 2.36. The summed E-state index contributed by atoms with van der Waals surface area (Å²) in [6.45, 7) is 2.72. The standard InChI is InChI=1S/C17H21N3O/c1-12-8-9-14(17(18)19)15(10-12)20(2)11-13-6-4-5-7-16(13)21-3/h4-10H,11H2,1-3H3,(H3,18,19). The third kappa shape index (κ3) is 3.34. The molecule has 0 atom stereocenters. The van der Waals surface area contributed by atoms with Gasteiger partial charge in [0.25, 0.3) is 0 Å². The lowest BCUT2D eigenvalue weighted by molar-refractivity contribution is 0.409. The number of nitrogens with one attached hydrogen (secondary N) is 1. The predicted octanol–water partition coefficient (Wildman–Crippen LogP) is 2.92. The molecule has 0 aromatic heterocycles. The van der Waals surface area contributed by atoms with Gasteiger partial charge in [0.2, 0.25) is 0 Å². The van der Waals surface area contributed by atoms with E-state index in [1.165, 1.54) is 0 Å². The number of amidine groups is 1. The molecule has 0 bridgehead atoms. The fourth-order valence-electron chi connectivity index (χ4n) is 2.36. The second-order valence-corrected chi connectivity index (χ2v) is 5.10. The number of nitrogens with zero attached hydrogens (tertiary/aromatic N) is 1. The van der Waals surface area contributed by atoms with Crippen LogP contribution < -0.4 is 15.4 Å². The highest BCUT2D eigenvalue weighted by molar-refractivity contribution is 6.00. The number of anilines is 1. The Hall–Kier alpha value is -2.49. The molecule has 0 amide bonds. The first-order valence-corrected chi connectivity index (χ1v) is 6.81. The lowest BCUT2D eigenvalue weighted by Gasteiger charge is -2.23. The molecule has 3 N–H and O–H groups in total. The number of hydrogen-bond donors (Lipinski definition) is 2. The zero-order chi connectivity index (χ0) is 15.4. The van der Waals surface area contributed by atoms with Gasteiger partial charge in [-0.25, -0.2) is 0 Å². The van der Waals surface area contributed by atoms with E-state index in [9.17, 15) is 0 Å². The highest BCUT2D eigenvalue weighted by atomic mass is 16.5. The van der Waals surface area contributed by atoms with Crippen molar-refractivity contribution in [1.82, 2.24) is 0 Å². The van der Waals surface area contributed by atoms with E-state index in [2.05, 4.69) is 4.90 Å². The maximum Gasteiger partial charge on any atom is 0.124 e. The topological polar surface area (TPSA) is 62.3 Å². The Bertz CT molecular complexity index is 652. The van der Waals surface area contributed by atoms with Crippen LogP contribution in [0.1, 0.15) is 16.7 Å². The summed E-state index contributed by atoms with van der Waals surface area (Å²) < 4.78 is 5.39. The molecule has 0 aliphatic carbocycles. The van der Waals surface area contributed by atoms with Crippen molar-refractivity contribution in [2.75, 3.05) is 19.1 Å². The molecule has 4 heteroatoms. The summed E-state index contributed by atoms with van der Waals surface area (Å²) in [6, 6.07) is 13.8. The number of hydrogen-bond acceptors (Lipinski definition) is 3. The van der Waals surface area contributed by atoms with Crippen LogP contribution in [0.4, 0.5) is 5.69 Å². The summed E-state index contributed by atoms with van der Waals surface area (Å²) in [5, 5.41) is 7.72. The van der Waals surface area contributed by atoms with Gasteiger partial charge >= 0.3 is 0 Å². The molecule has 2 aromatic rings. The number of ether oxygens (including phenoxy) is 1. The van der Waals surface area contributed by atoms with Gasteiger partial charge in [-0.05, 0) is 30.7 Å². The van der Waals surface area contributed by atoms with Gasteiger partial charge in [-0.2, -0.15) is 0 Å². The predicted molar refractivity (Wildman–Crippen MR) is 87.3 cm³/mol. The molecule has 2 aromatic carbocycles. The van der Waals surface area contributed by atoms with E-state index >= 15 is 0 Å². The first-order chi connectivity index (χ1) is 10.0. The van der Waals surface area contributed by atoms with Crippen molar-refractivity contribution >= 4 is 11.5 Å². The van der Waals surface area contributed by atoms with Crippen LogP contribution in [-0.2, 0) is 6.54 Å². The summed E-state index contributed by atoms with van der Waals surface area (Å²) >= 11 is 0. The van der Waals surface area contributed by atoms with Crippen LogP contribution in [0, 0.1) is 12.3 Å². The Labute approximate surface area is 125 Å². The summed E-state index contributed by atoms with van der Waals surface area (Å²) in [4.78, 5) is 2.08. The maximum atomic E-state index is 7.72. The average molecular weight is 283 g/mol. The summed E-state index contributed by atoms with van der Waals surface area (Å²) in [5.74, 6) is 0.943. The van der Waals surface area contributed by atoms with Gasteiger partial charge in [-0.3, -0.25) is 5.41 Å². The van der Waals surface area contributed by atoms with Gasteiger partial charge in [0.05, 0.1) is 7.11 Å². The largest absolute Gasteiger partial charge is 0.496 e. The number of para-hydroxylation sites is 1. The van der Waals surface area contributed by atoms with E-state index in [0.29, 0.717) is 6.54 Å². The van der Waals surface area contributed by atoms with Crippen molar-refractivity contribution in [3.63, 3.8) is 0 Å². The van der Waals surface area contributed by atoms with Gasteiger partial charge in [0.15, 0.2) is 0 Å². The van der Waals surface area contributed by atoms with Gasteiger partial charge < -0.3 is 15.4 Å². The third-order valence-corrected chi connectivity index (χ3v) is 3.45. The maximum absolute atomic E-state index is 7.72. The van der Waals surface area contributed by atoms with E-state index in [0.717, 1.165) is 28.1 Å². The molecule has 4 nitrogen and oxygen atoms in total. The second-order valence-electron chi connectivity index (χ2n) is 5.10. The smallest absolute Gasteiger partial charge is 0.124 e. The third-order valence-electron chi connectivity index (χ3n) is 3.45. The van der Waals surface area contributed by atoms with Crippen molar-refractivity contribution in [3.8, 4) is 5.75 Å². The van der Waals surface area contributed by atoms with E-state index < -0.39 is 0 Å². The van der Waals surface area contributed by atoms with Crippen LogP contribution in [0.25, 0.3) is 0 Å². The molecule has 0 unspecified atom stereocenters. The Morgan fingerprint density at radius 1 is 1.24 bits per heavy atom. The van der Waals surface area contributed by atoms with Crippen molar-refractivity contribution in [3.05, 3.63) is 59.2 Å². The number of rotatable bonds is 5. The normalized spacial score (nSPS) is 10.2. The van der Waals surface area contributed by atoms with Gasteiger partial charge in [0, 0.05) is 30.4 Å². The van der Waals surface area contributed by atoms with Gasteiger partial charge in [0.1, 0.15) is 11.6 Å². The number of nitrogens with two attached hydrogens (primary N) is 1. The Kier molecular flexibility index (Phi) is 4.48. The van der Waals surface area contributed by atoms with Crippen molar-refractivity contribution in [2.45, 2.75) is 13.5 Å². The molecule has 0 spiro atoms. The van der Waals surface area contributed by atoms with E-state index in [1.807, 2.05) is 56.4 Å². The van der Waals surface area contributed by atoms with Crippen LogP contribution in [0.3, 0.4) is 0 Å². The van der Waals surface area contributed by atoms with Crippen LogP contribution in [-0.4, -0.2) is 20.0 Å². The fraction of sp³-hybridized carbons (Fsp3) is 0.235. The van der Waals surface area contributed by atoms with E-state index in [1.54, 1.807) is 7.11 Å². The number of nitrogen functional groups attached to an aromatic ring is 1. The van der Waals surface area contributed by atoms with Crippen LogP contribution in [0.5, 0.6) is 5.75 Å². The summed E-state index contributed by atoms with van der Waals surface area (Å²) in [7, 11) is 3.67. The van der Waals surface area contributed by atoms with Gasteiger partial charge in [-0.15, -0.1) is 0 Å². The summed E-state index contributed by atoms with van der Waals surface area (Å²) in [6.07, 6.45) is 0. The van der Waals surface area contributed by atoms with Crippen molar-refractivity contribution < 1.29 is 4.74 Å². The molecule has 0 aliphatic heterocycles. The van der Waals surface area contributed by atoms with Crippen LogP contribution >= 0.6 is 0 Å². The van der Waals surface area contributed by atoms with E-state index in [-0.39, 0.29) is 5.84 Å². The average Bonchev–Trinajstić information content (AvgIpc) is 2.47. The number of benzene rings is 2. The molecule has 2 rings (SSSR count). The Balaban J connectivity index is 2.34. The molecule has 0 saturated carbocycles. The minimum atomic E-state index is 0.0804. The highest BCUT2D eigenvalue weighted by Gasteiger charge is 2.12.